The fourth-order valence-electron chi connectivity index (χ4n) is 2.70. The first-order valence-corrected chi connectivity index (χ1v) is 9.10. The lowest BCUT2D eigenvalue weighted by Crippen LogP contribution is -2.46. The summed E-state index contributed by atoms with van der Waals surface area (Å²) in [5, 5.41) is 0. The maximum atomic E-state index is 12.6. The van der Waals surface area contributed by atoms with Crippen molar-refractivity contribution in [2.24, 2.45) is 0 Å². The van der Waals surface area contributed by atoms with Crippen molar-refractivity contribution >= 4 is 16.7 Å². The molecule has 2 aromatic carbocycles. The molecule has 0 radical (unpaired) electrons. The summed E-state index contributed by atoms with van der Waals surface area (Å²) in [5.74, 6) is 1.62. The molecule has 4 nitrogen and oxygen atoms in total. The zero-order valence-corrected chi connectivity index (χ0v) is 13.6. The first kappa shape index (κ1) is 15.7. The fourth-order valence-corrected chi connectivity index (χ4v) is 3.99. The number of rotatable bonds is 4. The van der Waals surface area contributed by atoms with E-state index in [1.807, 2.05) is 60.7 Å². The summed E-state index contributed by atoms with van der Waals surface area (Å²) >= 11 is 0. The number of carbonyl (C=O) groups is 1. The Morgan fingerprint density at radius 2 is 1.74 bits per heavy atom. The Balaban J connectivity index is 1.70. The average molecular weight is 329 g/mol. The molecule has 1 aliphatic rings. The molecule has 1 fully saturated rings. The number of nitrogens with zero attached hydrogens (tertiary/aromatic N) is 1. The van der Waals surface area contributed by atoms with Crippen LogP contribution in [0.15, 0.2) is 60.7 Å². The van der Waals surface area contributed by atoms with Gasteiger partial charge in [0.05, 0.1) is 6.04 Å². The Kier molecular flexibility index (Phi) is 5.08. The summed E-state index contributed by atoms with van der Waals surface area (Å²) in [7, 11) is -0.883. The van der Waals surface area contributed by atoms with Gasteiger partial charge >= 0.3 is 0 Å². The van der Waals surface area contributed by atoms with Gasteiger partial charge in [-0.05, 0) is 17.7 Å². The number of ether oxygens (including phenoxy) is 1. The van der Waals surface area contributed by atoms with Gasteiger partial charge in [-0.2, -0.15) is 0 Å². The molecule has 3 rings (SSSR count). The smallest absolute Gasteiger partial charge is 0.261 e. The van der Waals surface area contributed by atoms with Crippen LogP contribution in [0.1, 0.15) is 11.6 Å². The molecule has 0 aliphatic carbocycles. The molecule has 120 valence electrons. The van der Waals surface area contributed by atoms with Crippen LogP contribution in [0.5, 0.6) is 5.75 Å². The second-order valence-corrected chi connectivity index (χ2v) is 7.05. The third-order valence-corrected chi connectivity index (χ3v) is 5.22. The zero-order valence-electron chi connectivity index (χ0n) is 12.8. The first-order chi connectivity index (χ1) is 11.2. The molecule has 1 saturated heterocycles. The lowest BCUT2D eigenvalue weighted by molar-refractivity contribution is -0.135. The van der Waals surface area contributed by atoms with Crippen molar-refractivity contribution in [3.63, 3.8) is 0 Å². The van der Waals surface area contributed by atoms with Crippen molar-refractivity contribution in [2.75, 3.05) is 24.7 Å². The van der Waals surface area contributed by atoms with Gasteiger partial charge in [0.25, 0.3) is 5.91 Å². The number of para-hydroxylation sites is 1. The molecular formula is C18H19NO3S. The number of hydrogen-bond acceptors (Lipinski definition) is 3. The third kappa shape index (κ3) is 3.99. The molecule has 0 N–H and O–H groups in total. The quantitative estimate of drug-likeness (QED) is 0.865. The van der Waals surface area contributed by atoms with Crippen LogP contribution in [-0.4, -0.2) is 39.7 Å². The molecular weight excluding hydrogens is 310 g/mol. The minimum Gasteiger partial charge on any atom is -0.484 e. The van der Waals surface area contributed by atoms with Crippen LogP contribution in [0.25, 0.3) is 0 Å². The highest BCUT2D eigenvalue weighted by atomic mass is 32.2. The molecule has 0 spiro atoms. The maximum absolute atomic E-state index is 12.6. The second kappa shape index (κ2) is 7.42. The molecule has 1 amide bonds. The van der Waals surface area contributed by atoms with Crippen molar-refractivity contribution in [2.45, 2.75) is 6.04 Å². The summed E-state index contributed by atoms with van der Waals surface area (Å²) in [6, 6.07) is 18.9. The molecule has 0 saturated carbocycles. The van der Waals surface area contributed by atoms with Crippen LogP contribution >= 0.6 is 0 Å². The van der Waals surface area contributed by atoms with E-state index in [1.54, 1.807) is 4.90 Å². The van der Waals surface area contributed by atoms with Gasteiger partial charge in [-0.3, -0.25) is 9.00 Å². The highest BCUT2D eigenvalue weighted by molar-refractivity contribution is 7.85. The molecule has 23 heavy (non-hydrogen) atoms. The van der Waals surface area contributed by atoms with Crippen LogP contribution in [0, 0.1) is 0 Å². The summed E-state index contributed by atoms with van der Waals surface area (Å²) in [6.07, 6.45) is 0. The van der Waals surface area contributed by atoms with Gasteiger partial charge in [-0.25, -0.2) is 0 Å². The van der Waals surface area contributed by atoms with Crippen molar-refractivity contribution in [1.29, 1.82) is 0 Å². The third-order valence-electron chi connectivity index (χ3n) is 3.89. The van der Waals surface area contributed by atoms with E-state index in [0.29, 0.717) is 23.8 Å². The van der Waals surface area contributed by atoms with Crippen molar-refractivity contribution in [3.8, 4) is 5.75 Å². The Morgan fingerprint density at radius 3 is 2.43 bits per heavy atom. The molecule has 2 aromatic rings. The zero-order chi connectivity index (χ0) is 16.1. The Bertz CT molecular complexity index is 675. The van der Waals surface area contributed by atoms with Crippen LogP contribution in [0.3, 0.4) is 0 Å². The Hall–Kier alpha value is -2.14. The van der Waals surface area contributed by atoms with Gasteiger partial charge in [-0.15, -0.1) is 0 Å². The SMILES string of the molecule is O=C(COc1ccccc1)N1CC[S@](=O)C[C@@H]1c1ccccc1. The summed E-state index contributed by atoms with van der Waals surface area (Å²) in [4.78, 5) is 14.4. The normalized spacial score (nSPS) is 21.0. The van der Waals surface area contributed by atoms with E-state index in [4.69, 9.17) is 4.74 Å². The van der Waals surface area contributed by atoms with Gasteiger partial charge < -0.3 is 9.64 Å². The van der Waals surface area contributed by atoms with Crippen LogP contribution in [0.4, 0.5) is 0 Å². The molecule has 0 bridgehead atoms. The van der Waals surface area contributed by atoms with E-state index in [1.165, 1.54) is 0 Å². The predicted molar refractivity (Wildman–Crippen MR) is 90.7 cm³/mol. The highest BCUT2D eigenvalue weighted by Gasteiger charge is 2.31. The van der Waals surface area contributed by atoms with E-state index in [0.717, 1.165) is 5.56 Å². The highest BCUT2D eigenvalue weighted by Crippen LogP contribution is 2.25. The monoisotopic (exact) mass is 329 g/mol. The topological polar surface area (TPSA) is 46.6 Å². The minimum atomic E-state index is -0.883. The lowest BCUT2D eigenvalue weighted by atomic mass is 10.1. The van der Waals surface area contributed by atoms with Gasteiger partial charge in [-0.1, -0.05) is 48.5 Å². The number of hydrogen-bond donors (Lipinski definition) is 0. The van der Waals surface area contributed by atoms with Gasteiger partial charge in [0, 0.05) is 28.9 Å². The molecule has 0 aromatic heterocycles. The Morgan fingerprint density at radius 1 is 1.09 bits per heavy atom. The molecule has 0 unspecified atom stereocenters. The van der Waals surface area contributed by atoms with Crippen molar-refractivity contribution in [1.82, 2.24) is 4.90 Å². The van der Waals surface area contributed by atoms with Crippen LogP contribution < -0.4 is 4.74 Å². The van der Waals surface area contributed by atoms with E-state index in [2.05, 4.69) is 0 Å². The summed E-state index contributed by atoms with van der Waals surface area (Å²) in [6.45, 7) is 0.503. The minimum absolute atomic E-state index is 0.0000180. The number of amides is 1. The molecule has 5 heteroatoms. The predicted octanol–water partition coefficient (Wildman–Crippen LogP) is 2.40. The second-order valence-electron chi connectivity index (χ2n) is 5.43. The average Bonchev–Trinajstić information content (AvgIpc) is 2.61. The first-order valence-electron chi connectivity index (χ1n) is 7.61. The van der Waals surface area contributed by atoms with Crippen LogP contribution in [0.2, 0.25) is 0 Å². The molecule has 2 atom stereocenters. The van der Waals surface area contributed by atoms with E-state index in [9.17, 15) is 9.00 Å². The Labute approximate surface area is 138 Å². The van der Waals surface area contributed by atoms with Crippen LogP contribution in [-0.2, 0) is 15.6 Å². The van der Waals surface area contributed by atoms with Gasteiger partial charge in [0.15, 0.2) is 6.61 Å². The number of carbonyl (C=O) groups excluding carboxylic acids is 1. The van der Waals surface area contributed by atoms with E-state index in [-0.39, 0.29) is 18.6 Å². The van der Waals surface area contributed by atoms with Crippen molar-refractivity contribution in [3.05, 3.63) is 66.2 Å². The van der Waals surface area contributed by atoms with E-state index < -0.39 is 10.8 Å². The van der Waals surface area contributed by atoms with E-state index >= 15 is 0 Å². The molecule has 1 aliphatic heterocycles. The summed E-state index contributed by atoms with van der Waals surface area (Å²) < 4.78 is 17.5. The summed E-state index contributed by atoms with van der Waals surface area (Å²) in [5.41, 5.74) is 1.02. The standard InChI is InChI=1S/C18H19NO3S/c20-18(13-22-16-9-5-2-6-10-16)19-11-12-23(21)14-17(19)15-7-3-1-4-8-15/h1-10,17H,11-14H2/t17-,23+/m1/s1. The van der Waals surface area contributed by atoms with Crippen molar-refractivity contribution < 1.29 is 13.7 Å². The fraction of sp³-hybridized carbons (Fsp3) is 0.278. The maximum Gasteiger partial charge on any atom is 0.261 e. The van der Waals surface area contributed by atoms with Gasteiger partial charge in [0.1, 0.15) is 5.75 Å². The largest absolute Gasteiger partial charge is 0.484 e. The molecule has 1 heterocycles. The lowest BCUT2D eigenvalue weighted by Gasteiger charge is -2.35. The van der Waals surface area contributed by atoms with Gasteiger partial charge in [0.2, 0.25) is 0 Å². The number of benzene rings is 2.